The Balaban J connectivity index is 0.00000153. The van der Waals surface area contributed by atoms with E-state index in [0.717, 1.165) is 14.7 Å². The average molecular weight is 444 g/mol. The van der Waals surface area contributed by atoms with E-state index in [0.29, 0.717) is 17.2 Å². The Morgan fingerprint density at radius 1 is 0.606 bits per heavy atom. The van der Waals surface area contributed by atoms with Crippen LogP contribution in [0, 0.1) is 6.92 Å². The number of ether oxygens (including phenoxy) is 1. The van der Waals surface area contributed by atoms with Crippen LogP contribution < -0.4 is 27.0 Å². The molecule has 33 heavy (non-hydrogen) atoms. The van der Waals surface area contributed by atoms with Crippen molar-refractivity contribution in [3.05, 3.63) is 108 Å². The second-order valence-electron chi connectivity index (χ2n) is 7.47. The molecule has 0 bridgehead atoms. The highest BCUT2D eigenvalue weighted by Crippen LogP contribution is 2.23. The molecule has 5 rings (SSSR count). The van der Waals surface area contributed by atoms with Crippen LogP contribution in [-0.2, 0) is 7.05 Å². The Bertz CT molecular complexity index is 1600. The summed E-state index contributed by atoms with van der Waals surface area (Å²) in [5.74, 6) is 1.23. The van der Waals surface area contributed by atoms with Crippen molar-refractivity contribution in [1.29, 1.82) is 0 Å². The van der Waals surface area contributed by atoms with Gasteiger partial charge in [0.1, 0.15) is 11.5 Å². The fourth-order valence-corrected chi connectivity index (χ4v) is 3.73. The lowest BCUT2D eigenvalue weighted by atomic mass is 10.1. The van der Waals surface area contributed by atoms with Gasteiger partial charge >= 0.3 is 0 Å². The molecule has 7 heteroatoms. The highest BCUT2D eigenvalue weighted by molar-refractivity contribution is 5.98. The van der Waals surface area contributed by atoms with Crippen molar-refractivity contribution >= 4 is 21.5 Å². The first-order valence-corrected chi connectivity index (χ1v) is 9.59. The minimum absolute atomic E-state index is 0. The molecule has 0 atom stereocenters. The average Bonchev–Trinajstić information content (AvgIpc) is 3.14. The van der Waals surface area contributed by atoms with Crippen molar-refractivity contribution in [2.45, 2.75) is 21.8 Å². The molecule has 0 aliphatic rings. The van der Waals surface area contributed by atoms with Crippen LogP contribution in [0.5, 0.6) is 11.5 Å². The van der Waals surface area contributed by atoms with Crippen molar-refractivity contribution in [2.24, 2.45) is 7.05 Å². The molecule has 3 aromatic carbocycles. The van der Waals surface area contributed by atoms with Crippen LogP contribution in [0.25, 0.3) is 27.2 Å². The molecule has 0 amide bonds. The molecule has 0 N–H and O–H groups in total. The molecule has 0 fully saturated rings. The summed E-state index contributed by atoms with van der Waals surface area (Å²) in [6, 6.07) is 16.8. The largest absolute Gasteiger partial charge is 0.457 e. The van der Waals surface area contributed by atoms with Crippen molar-refractivity contribution < 1.29 is 4.74 Å². The minimum Gasteiger partial charge on any atom is -0.457 e. The number of hydrogen-bond acceptors (Lipinski definition) is 5. The summed E-state index contributed by atoms with van der Waals surface area (Å²) in [5, 5.41) is 0.493. The molecule has 168 valence electrons. The van der Waals surface area contributed by atoms with E-state index in [-0.39, 0.29) is 36.4 Å². The summed E-state index contributed by atoms with van der Waals surface area (Å²) >= 11 is 0. The minimum atomic E-state index is -0.537. The van der Waals surface area contributed by atoms with Gasteiger partial charge in [0.15, 0.2) is 0 Å². The molecule has 0 saturated carbocycles. The van der Waals surface area contributed by atoms with Gasteiger partial charge in [0.2, 0.25) is 0 Å². The van der Waals surface area contributed by atoms with Gasteiger partial charge in [0.05, 0.1) is 27.2 Å². The number of hydrogen-bond donors (Lipinski definition) is 0. The van der Waals surface area contributed by atoms with E-state index in [1.54, 1.807) is 24.3 Å². The second-order valence-corrected chi connectivity index (χ2v) is 7.47. The molecule has 0 saturated heterocycles. The number of benzene rings is 3. The fraction of sp³-hybridized carbons (Fsp3) is 0.154. The molecule has 5 aromatic rings. The van der Waals surface area contributed by atoms with Gasteiger partial charge in [-0.25, -0.2) is 4.57 Å². The molecular weight excluding hydrogens is 420 g/mol. The lowest BCUT2D eigenvalue weighted by Crippen LogP contribution is -2.23. The fourth-order valence-electron chi connectivity index (χ4n) is 3.73. The van der Waals surface area contributed by atoms with E-state index in [1.165, 1.54) is 19.2 Å². The van der Waals surface area contributed by atoms with Gasteiger partial charge in [-0.3, -0.25) is 23.7 Å². The second kappa shape index (κ2) is 8.35. The SMILES string of the molecule is C.C.Cc1ccc(Oc2ccc(-n3c(=O)c4cc5c(=O)n(C)c(=O)c5cc4c3=O)cc2)cc1. The van der Waals surface area contributed by atoms with Crippen molar-refractivity contribution in [3.8, 4) is 17.2 Å². The van der Waals surface area contributed by atoms with Crippen LogP contribution in [0.1, 0.15) is 20.4 Å². The first kappa shape index (κ1) is 23.4. The van der Waals surface area contributed by atoms with Crippen molar-refractivity contribution in [2.75, 3.05) is 0 Å². The van der Waals surface area contributed by atoms with Gasteiger partial charge in [-0.2, -0.15) is 0 Å². The first-order valence-electron chi connectivity index (χ1n) is 9.59. The molecule has 0 spiro atoms. The number of aromatic nitrogens is 2. The molecule has 0 unspecified atom stereocenters. The summed E-state index contributed by atoms with van der Waals surface area (Å²) in [6.07, 6.45) is 0. The van der Waals surface area contributed by atoms with E-state index in [2.05, 4.69) is 0 Å². The molecule has 2 heterocycles. The van der Waals surface area contributed by atoms with Gasteiger partial charge in [-0.1, -0.05) is 32.5 Å². The summed E-state index contributed by atoms with van der Waals surface area (Å²) in [6.45, 7) is 1.99. The van der Waals surface area contributed by atoms with Gasteiger partial charge in [-0.05, 0) is 55.5 Å². The van der Waals surface area contributed by atoms with E-state index in [1.807, 2.05) is 31.2 Å². The normalized spacial score (nSPS) is 10.7. The monoisotopic (exact) mass is 444 g/mol. The lowest BCUT2D eigenvalue weighted by molar-refractivity contribution is 0.482. The van der Waals surface area contributed by atoms with Crippen LogP contribution in [0.3, 0.4) is 0 Å². The highest BCUT2D eigenvalue weighted by Gasteiger charge is 2.19. The van der Waals surface area contributed by atoms with Gasteiger partial charge < -0.3 is 4.74 Å². The van der Waals surface area contributed by atoms with Crippen molar-refractivity contribution in [3.63, 3.8) is 0 Å². The lowest BCUT2D eigenvalue weighted by Gasteiger charge is -2.07. The molecule has 0 aliphatic heterocycles. The van der Waals surface area contributed by atoms with Crippen molar-refractivity contribution in [1.82, 2.24) is 9.13 Å². The number of fused-ring (bicyclic) bond motifs is 2. The molecule has 0 aliphatic carbocycles. The molecule has 0 radical (unpaired) electrons. The maximum atomic E-state index is 12.9. The topological polar surface area (TPSA) is 87.4 Å². The standard InChI is InChI=1S/C24H16N2O5.2CH4/c1-13-3-7-15(8-4-13)31-16-9-5-14(6-10-16)26-23(29)19-11-17-18(12-20(19)24(26)30)22(28)25(2)21(17)27;;/h3-12H,1-2H3;2*1H4. The van der Waals surface area contributed by atoms with E-state index >= 15 is 0 Å². The Labute approximate surface area is 189 Å². The number of nitrogens with zero attached hydrogens (tertiary/aromatic N) is 2. The zero-order chi connectivity index (χ0) is 21.9. The molecular formula is C26H24N2O5. The number of aryl methyl sites for hydroxylation is 1. The van der Waals surface area contributed by atoms with Crippen LogP contribution >= 0.6 is 0 Å². The predicted octanol–water partition coefficient (Wildman–Crippen LogP) is 3.81. The van der Waals surface area contributed by atoms with E-state index in [9.17, 15) is 19.2 Å². The van der Waals surface area contributed by atoms with Gasteiger partial charge in [-0.15, -0.1) is 0 Å². The Hall–Kier alpha value is -4.26. The van der Waals surface area contributed by atoms with Gasteiger partial charge in [0, 0.05) is 7.05 Å². The molecule has 2 aromatic heterocycles. The van der Waals surface area contributed by atoms with Crippen LogP contribution in [0.4, 0.5) is 0 Å². The van der Waals surface area contributed by atoms with Crippen LogP contribution in [0.15, 0.2) is 79.8 Å². The molecule has 7 nitrogen and oxygen atoms in total. The summed E-state index contributed by atoms with van der Waals surface area (Å²) < 4.78 is 7.79. The predicted molar refractivity (Wildman–Crippen MR) is 132 cm³/mol. The van der Waals surface area contributed by atoms with Crippen LogP contribution in [0.2, 0.25) is 0 Å². The first-order chi connectivity index (χ1) is 14.8. The van der Waals surface area contributed by atoms with Gasteiger partial charge in [0.25, 0.3) is 22.2 Å². The Morgan fingerprint density at radius 2 is 1.00 bits per heavy atom. The number of rotatable bonds is 3. The summed E-state index contributed by atoms with van der Waals surface area (Å²) in [4.78, 5) is 50.4. The summed E-state index contributed by atoms with van der Waals surface area (Å²) in [7, 11) is 1.37. The highest BCUT2D eigenvalue weighted by atomic mass is 16.5. The Kier molecular flexibility index (Phi) is 5.92. The van der Waals surface area contributed by atoms with E-state index < -0.39 is 22.2 Å². The smallest absolute Gasteiger partial charge is 0.266 e. The maximum absolute atomic E-state index is 12.9. The maximum Gasteiger partial charge on any atom is 0.266 e. The quantitative estimate of drug-likeness (QED) is 0.422. The third-order valence-corrected chi connectivity index (χ3v) is 5.45. The van der Waals surface area contributed by atoms with Crippen LogP contribution in [-0.4, -0.2) is 9.13 Å². The third-order valence-electron chi connectivity index (χ3n) is 5.45. The zero-order valence-corrected chi connectivity index (χ0v) is 16.7. The summed E-state index contributed by atoms with van der Waals surface area (Å²) in [5.41, 5.74) is -0.556. The zero-order valence-electron chi connectivity index (χ0n) is 16.7. The third kappa shape index (κ3) is 3.57. The Morgan fingerprint density at radius 3 is 1.45 bits per heavy atom. The van der Waals surface area contributed by atoms with E-state index in [4.69, 9.17) is 4.74 Å².